The molecular formula is C27H45Cl. The molecule has 160 valence electrons. The maximum absolute atomic E-state index is 6.46. The lowest BCUT2D eigenvalue weighted by Gasteiger charge is -2.60. The van der Waals surface area contributed by atoms with Crippen LogP contribution in [0, 0.1) is 52.3 Å². The quantitative estimate of drug-likeness (QED) is 0.429. The Kier molecular flexibility index (Phi) is 6.03. The van der Waals surface area contributed by atoms with Gasteiger partial charge in [-0.1, -0.05) is 71.6 Å². The van der Waals surface area contributed by atoms with E-state index in [2.05, 4.69) is 40.7 Å². The van der Waals surface area contributed by atoms with E-state index < -0.39 is 0 Å². The molecule has 0 aromatic carbocycles. The standard InChI is InChI=1S/C27H45Cl/c1-18(2)7-6-8-19(3)23-11-12-24-22-10-9-20-17-21(28)13-15-26(20,4)25(22)14-16-27(23,24)5/h17-20,22-25H,6-16H2,1-5H3/t19-,20?,22+,23-,24+,25+,26+,27-/m1/s1. The van der Waals surface area contributed by atoms with Gasteiger partial charge >= 0.3 is 0 Å². The molecular weight excluding hydrogens is 360 g/mol. The average molecular weight is 405 g/mol. The van der Waals surface area contributed by atoms with Gasteiger partial charge in [-0.25, -0.2) is 0 Å². The molecule has 0 amide bonds. The van der Waals surface area contributed by atoms with E-state index in [9.17, 15) is 0 Å². The van der Waals surface area contributed by atoms with Crippen molar-refractivity contribution in [2.24, 2.45) is 52.3 Å². The molecule has 8 atom stereocenters. The third-order valence-corrected chi connectivity index (χ3v) is 10.7. The van der Waals surface area contributed by atoms with Gasteiger partial charge in [-0.15, -0.1) is 0 Å². The Morgan fingerprint density at radius 3 is 2.43 bits per heavy atom. The summed E-state index contributed by atoms with van der Waals surface area (Å²) in [5.74, 6) is 6.49. The number of hydrogen-bond donors (Lipinski definition) is 0. The van der Waals surface area contributed by atoms with Crippen molar-refractivity contribution >= 4 is 11.6 Å². The molecule has 1 unspecified atom stereocenters. The number of halogens is 1. The van der Waals surface area contributed by atoms with Crippen molar-refractivity contribution in [2.45, 2.75) is 105 Å². The van der Waals surface area contributed by atoms with Gasteiger partial charge in [-0.3, -0.25) is 0 Å². The highest BCUT2D eigenvalue weighted by Crippen LogP contribution is 2.68. The Balaban J connectivity index is 1.48. The Labute approximate surface area is 180 Å². The molecule has 0 aliphatic heterocycles. The van der Waals surface area contributed by atoms with Gasteiger partial charge in [0.05, 0.1) is 0 Å². The maximum Gasteiger partial charge on any atom is 0.0144 e. The van der Waals surface area contributed by atoms with Crippen LogP contribution < -0.4 is 0 Å². The lowest BCUT2D eigenvalue weighted by molar-refractivity contribution is -0.0958. The van der Waals surface area contributed by atoms with Crippen molar-refractivity contribution in [3.8, 4) is 0 Å². The molecule has 0 heterocycles. The Morgan fingerprint density at radius 2 is 1.68 bits per heavy atom. The van der Waals surface area contributed by atoms with Gasteiger partial charge in [-0.05, 0) is 104 Å². The number of rotatable bonds is 5. The molecule has 4 rings (SSSR count). The predicted octanol–water partition coefficient (Wildman–Crippen LogP) is 8.84. The first kappa shape index (κ1) is 21.3. The first-order valence-electron chi connectivity index (χ1n) is 12.6. The van der Waals surface area contributed by atoms with Crippen LogP contribution in [0.3, 0.4) is 0 Å². The highest BCUT2D eigenvalue weighted by molar-refractivity contribution is 6.29. The zero-order chi connectivity index (χ0) is 20.1. The summed E-state index contributed by atoms with van der Waals surface area (Å²) in [7, 11) is 0. The second-order valence-electron chi connectivity index (χ2n) is 12.2. The number of hydrogen-bond acceptors (Lipinski definition) is 0. The minimum Gasteiger partial charge on any atom is -0.0895 e. The monoisotopic (exact) mass is 404 g/mol. The molecule has 28 heavy (non-hydrogen) atoms. The zero-order valence-corrected chi connectivity index (χ0v) is 20.0. The van der Waals surface area contributed by atoms with Gasteiger partial charge in [-0.2, -0.15) is 0 Å². The van der Waals surface area contributed by atoms with Crippen LogP contribution >= 0.6 is 11.6 Å². The van der Waals surface area contributed by atoms with E-state index in [0.29, 0.717) is 10.8 Å². The third-order valence-electron chi connectivity index (χ3n) is 10.4. The summed E-state index contributed by atoms with van der Waals surface area (Å²) in [5, 5.41) is 1.15. The van der Waals surface area contributed by atoms with Crippen LogP contribution in [0.1, 0.15) is 105 Å². The molecule has 0 spiro atoms. The molecule has 0 saturated heterocycles. The largest absolute Gasteiger partial charge is 0.0895 e. The summed E-state index contributed by atoms with van der Waals surface area (Å²) >= 11 is 6.46. The van der Waals surface area contributed by atoms with E-state index in [0.717, 1.165) is 52.9 Å². The summed E-state index contributed by atoms with van der Waals surface area (Å²) in [6, 6.07) is 0. The second-order valence-corrected chi connectivity index (χ2v) is 12.7. The molecule has 3 saturated carbocycles. The Hall–Kier alpha value is 0.0300. The van der Waals surface area contributed by atoms with E-state index in [-0.39, 0.29) is 0 Å². The fraction of sp³-hybridized carbons (Fsp3) is 0.926. The maximum atomic E-state index is 6.46. The van der Waals surface area contributed by atoms with E-state index in [1.54, 1.807) is 0 Å². The van der Waals surface area contributed by atoms with E-state index in [1.807, 2.05) is 0 Å². The summed E-state index contributed by atoms with van der Waals surface area (Å²) in [6.07, 6.45) is 18.1. The van der Waals surface area contributed by atoms with Crippen LogP contribution in [0.15, 0.2) is 11.1 Å². The van der Waals surface area contributed by atoms with Crippen molar-refractivity contribution in [1.29, 1.82) is 0 Å². The van der Waals surface area contributed by atoms with Crippen LogP contribution in [0.2, 0.25) is 0 Å². The first-order valence-corrected chi connectivity index (χ1v) is 13.0. The lowest BCUT2D eigenvalue weighted by atomic mass is 9.45. The minimum atomic E-state index is 0.531. The Bertz CT molecular complexity index is 591. The van der Waals surface area contributed by atoms with Crippen molar-refractivity contribution in [3.05, 3.63) is 11.1 Å². The molecule has 3 fully saturated rings. The molecule has 4 aliphatic rings. The van der Waals surface area contributed by atoms with Gasteiger partial charge in [0.15, 0.2) is 0 Å². The van der Waals surface area contributed by atoms with Crippen molar-refractivity contribution in [1.82, 2.24) is 0 Å². The molecule has 1 heteroatoms. The van der Waals surface area contributed by atoms with Gasteiger partial charge in [0, 0.05) is 5.03 Å². The molecule has 0 nitrogen and oxygen atoms in total. The first-order chi connectivity index (χ1) is 13.3. The van der Waals surface area contributed by atoms with Gasteiger partial charge < -0.3 is 0 Å². The highest BCUT2D eigenvalue weighted by Gasteiger charge is 2.59. The summed E-state index contributed by atoms with van der Waals surface area (Å²) in [6.45, 7) is 12.7. The van der Waals surface area contributed by atoms with Crippen LogP contribution in [0.4, 0.5) is 0 Å². The summed E-state index contributed by atoms with van der Waals surface area (Å²) < 4.78 is 0. The lowest BCUT2D eigenvalue weighted by Crippen LogP contribution is -2.52. The van der Waals surface area contributed by atoms with Crippen molar-refractivity contribution < 1.29 is 0 Å². The van der Waals surface area contributed by atoms with Gasteiger partial charge in [0.1, 0.15) is 0 Å². The number of allylic oxidation sites excluding steroid dienone is 2. The van der Waals surface area contributed by atoms with Crippen LogP contribution in [-0.2, 0) is 0 Å². The topological polar surface area (TPSA) is 0 Å². The zero-order valence-electron chi connectivity index (χ0n) is 19.3. The fourth-order valence-electron chi connectivity index (χ4n) is 8.84. The third kappa shape index (κ3) is 3.52. The van der Waals surface area contributed by atoms with Crippen molar-refractivity contribution in [2.75, 3.05) is 0 Å². The number of fused-ring (bicyclic) bond motifs is 5. The minimum absolute atomic E-state index is 0.531. The molecule has 0 aromatic heterocycles. The molecule has 0 aromatic rings. The predicted molar refractivity (Wildman–Crippen MR) is 122 cm³/mol. The van der Waals surface area contributed by atoms with Crippen LogP contribution in [0.5, 0.6) is 0 Å². The van der Waals surface area contributed by atoms with Crippen LogP contribution in [-0.4, -0.2) is 0 Å². The normalized spacial score (nSPS) is 46.5. The van der Waals surface area contributed by atoms with Crippen molar-refractivity contribution in [3.63, 3.8) is 0 Å². The summed E-state index contributed by atoms with van der Waals surface area (Å²) in [4.78, 5) is 0. The van der Waals surface area contributed by atoms with E-state index in [1.165, 1.54) is 64.2 Å². The van der Waals surface area contributed by atoms with E-state index >= 15 is 0 Å². The Morgan fingerprint density at radius 1 is 0.929 bits per heavy atom. The van der Waals surface area contributed by atoms with Gasteiger partial charge in [0.25, 0.3) is 0 Å². The highest BCUT2D eigenvalue weighted by atomic mass is 35.5. The smallest absolute Gasteiger partial charge is 0.0144 e. The fourth-order valence-corrected chi connectivity index (χ4v) is 9.09. The second kappa shape index (κ2) is 7.94. The molecule has 4 aliphatic carbocycles. The molecule has 0 N–H and O–H groups in total. The molecule has 0 radical (unpaired) electrons. The molecule has 0 bridgehead atoms. The van der Waals surface area contributed by atoms with Gasteiger partial charge in [0.2, 0.25) is 0 Å². The average Bonchev–Trinajstić information content (AvgIpc) is 2.99. The van der Waals surface area contributed by atoms with E-state index in [4.69, 9.17) is 11.6 Å². The van der Waals surface area contributed by atoms with Crippen LogP contribution in [0.25, 0.3) is 0 Å². The summed E-state index contributed by atoms with van der Waals surface area (Å²) in [5.41, 5.74) is 1.16. The SMILES string of the molecule is CC(C)CCC[C@@H](C)[C@H]1CC[C@H]2[C@@H]3CCC4C=C(Cl)CC[C@]4(C)[C@H]3CC[C@]12C.